The number of rotatable bonds is 5. The summed E-state index contributed by atoms with van der Waals surface area (Å²) in [6.07, 6.45) is 3.50. The number of aryl methyl sites for hydroxylation is 1. The molecule has 0 bridgehead atoms. The molecule has 0 aliphatic heterocycles. The molecule has 0 spiro atoms. The zero-order chi connectivity index (χ0) is 13.1. The van der Waals surface area contributed by atoms with E-state index in [1.807, 2.05) is 29.9 Å². The third-order valence-electron chi connectivity index (χ3n) is 2.54. The predicted molar refractivity (Wildman–Crippen MR) is 69.8 cm³/mol. The van der Waals surface area contributed by atoms with Crippen molar-refractivity contribution in [3.63, 3.8) is 0 Å². The van der Waals surface area contributed by atoms with Crippen LogP contribution < -0.4 is 4.74 Å². The molecule has 19 heavy (non-hydrogen) atoms. The predicted octanol–water partition coefficient (Wildman–Crippen LogP) is 2.59. The fourth-order valence-corrected chi connectivity index (χ4v) is 2.19. The first kappa shape index (κ1) is 11.9. The van der Waals surface area contributed by atoms with Gasteiger partial charge < -0.3 is 9.26 Å². The van der Waals surface area contributed by atoms with Gasteiger partial charge in [0.2, 0.25) is 5.82 Å². The Morgan fingerprint density at radius 3 is 3.16 bits per heavy atom. The SMILES string of the molecule is CCn1cc(OCc2nc(-c3ccsc3)no2)cn1. The van der Waals surface area contributed by atoms with E-state index < -0.39 is 0 Å². The topological polar surface area (TPSA) is 66.0 Å². The first-order valence-electron chi connectivity index (χ1n) is 5.85. The molecule has 7 heteroatoms. The van der Waals surface area contributed by atoms with Crippen LogP contribution in [0, 0.1) is 0 Å². The van der Waals surface area contributed by atoms with E-state index in [9.17, 15) is 0 Å². The van der Waals surface area contributed by atoms with Gasteiger partial charge in [-0.25, -0.2) is 0 Å². The summed E-state index contributed by atoms with van der Waals surface area (Å²) in [6, 6.07) is 1.95. The van der Waals surface area contributed by atoms with Crippen LogP contribution in [-0.4, -0.2) is 19.9 Å². The molecule has 3 aromatic heterocycles. The zero-order valence-electron chi connectivity index (χ0n) is 10.3. The molecule has 0 unspecified atom stereocenters. The van der Waals surface area contributed by atoms with Gasteiger partial charge in [0.25, 0.3) is 5.89 Å². The number of nitrogens with zero attached hydrogens (tertiary/aromatic N) is 4. The molecule has 0 aliphatic carbocycles. The fraction of sp³-hybridized carbons (Fsp3) is 0.250. The highest BCUT2D eigenvalue weighted by molar-refractivity contribution is 7.08. The van der Waals surface area contributed by atoms with E-state index in [4.69, 9.17) is 9.26 Å². The van der Waals surface area contributed by atoms with Gasteiger partial charge in [-0.15, -0.1) is 0 Å². The minimum Gasteiger partial charge on any atom is -0.480 e. The summed E-state index contributed by atoms with van der Waals surface area (Å²) in [6.45, 7) is 3.07. The van der Waals surface area contributed by atoms with Crippen molar-refractivity contribution < 1.29 is 9.26 Å². The van der Waals surface area contributed by atoms with E-state index in [2.05, 4.69) is 15.2 Å². The Balaban J connectivity index is 1.64. The van der Waals surface area contributed by atoms with Crippen LogP contribution in [0.15, 0.2) is 33.7 Å². The lowest BCUT2D eigenvalue weighted by Gasteiger charge is -1.97. The number of hydrogen-bond acceptors (Lipinski definition) is 6. The van der Waals surface area contributed by atoms with Crippen molar-refractivity contribution in [1.29, 1.82) is 0 Å². The summed E-state index contributed by atoms with van der Waals surface area (Å²) < 4.78 is 12.5. The van der Waals surface area contributed by atoms with Gasteiger partial charge in [0.05, 0.1) is 12.4 Å². The average molecular weight is 276 g/mol. The van der Waals surface area contributed by atoms with E-state index >= 15 is 0 Å². The van der Waals surface area contributed by atoms with Crippen LogP contribution in [0.5, 0.6) is 5.75 Å². The second-order valence-corrected chi connectivity index (χ2v) is 4.62. The van der Waals surface area contributed by atoms with Gasteiger partial charge in [0.1, 0.15) is 0 Å². The smallest absolute Gasteiger partial charge is 0.264 e. The average Bonchev–Trinajstić information content (AvgIpc) is 3.16. The molecule has 0 atom stereocenters. The van der Waals surface area contributed by atoms with E-state index in [0.29, 0.717) is 17.5 Å². The van der Waals surface area contributed by atoms with E-state index in [0.717, 1.165) is 12.1 Å². The fourth-order valence-electron chi connectivity index (χ4n) is 1.56. The molecule has 0 N–H and O–H groups in total. The summed E-state index contributed by atoms with van der Waals surface area (Å²) >= 11 is 1.60. The third kappa shape index (κ3) is 2.65. The molecule has 6 nitrogen and oxygen atoms in total. The largest absolute Gasteiger partial charge is 0.480 e. The Bertz CT molecular complexity index is 644. The molecule has 98 valence electrons. The highest BCUT2D eigenvalue weighted by Crippen LogP contribution is 2.19. The Labute approximate surface area is 113 Å². The lowest BCUT2D eigenvalue weighted by atomic mass is 10.3. The van der Waals surface area contributed by atoms with Gasteiger partial charge in [-0.2, -0.15) is 21.4 Å². The normalized spacial score (nSPS) is 10.8. The second-order valence-electron chi connectivity index (χ2n) is 3.84. The van der Waals surface area contributed by atoms with E-state index in [1.165, 1.54) is 0 Å². The van der Waals surface area contributed by atoms with Crippen LogP contribution in [0.4, 0.5) is 0 Å². The molecule has 0 saturated heterocycles. The molecule has 0 radical (unpaired) electrons. The minimum atomic E-state index is 0.243. The Morgan fingerprint density at radius 2 is 2.42 bits per heavy atom. The minimum absolute atomic E-state index is 0.243. The molecule has 0 fully saturated rings. The second kappa shape index (κ2) is 5.23. The number of aromatic nitrogens is 4. The molecule has 0 amide bonds. The van der Waals surface area contributed by atoms with Crippen molar-refractivity contribution in [3.05, 3.63) is 35.1 Å². The molecule has 3 heterocycles. The van der Waals surface area contributed by atoms with Gasteiger partial charge in [-0.05, 0) is 18.4 Å². The van der Waals surface area contributed by atoms with Crippen molar-refractivity contribution in [2.75, 3.05) is 0 Å². The first-order valence-corrected chi connectivity index (χ1v) is 6.80. The maximum atomic E-state index is 5.53. The quantitative estimate of drug-likeness (QED) is 0.716. The molecular weight excluding hydrogens is 264 g/mol. The highest BCUT2D eigenvalue weighted by atomic mass is 32.1. The summed E-state index contributed by atoms with van der Waals surface area (Å²) in [5.74, 6) is 1.73. The lowest BCUT2D eigenvalue weighted by Crippen LogP contribution is -1.95. The maximum Gasteiger partial charge on any atom is 0.264 e. The maximum absolute atomic E-state index is 5.53. The van der Waals surface area contributed by atoms with E-state index in [1.54, 1.807) is 22.2 Å². The zero-order valence-corrected chi connectivity index (χ0v) is 11.1. The van der Waals surface area contributed by atoms with Crippen LogP contribution in [0.3, 0.4) is 0 Å². The van der Waals surface area contributed by atoms with Crippen LogP contribution in [0.2, 0.25) is 0 Å². The molecule has 3 rings (SSSR count). The summed E-state index contributed by atoms with van der Waals surface area (Å²) in [4.78, 5) is 4.27. The van der Waals surface area contributed by atoms with Crippen LogP contribution in [0.25, 0.3) is 11.4 Å². The van der Waals surface area contributed by atoms with Crippen molar-refractivity contribution in [2.24, 2.45) is 0 Å². The number of hydrogen-bond donors (Lipinski definition) is 0. The highest BCUT2D eigenvalue weighted by Gasteiger charge is 2.09. The first-order chi connectivity index (χ1) is 9.35. The van der Waals surface area contributed by atoms with Crippen molar-refractivity contribution >= 4 is 11.3 Å². The van der Waals surface area contributed by atoms with Gasteiger partial charge in [0.15, 0.2) is 12.4 Å². The summed E-state index contributed by atoms with van der Waals surface area (Å²) in [7, 11) is 0. The van der Waals surface area contributed by atoms with Crippen LogP contribution in [0.1, 0.15) is 12.8 Å². The summed E-state index contributed by atoms with van der Waals surface area (Å²) in [5.41, 5.74) is 0.957. The monoisotopic (exact) mass is 276 g/mol. The number of thiophene rings is 1. The third-order valence-corrected chi connectivity index (χ3v) is 3.23. The molecular formula is C12H12N4O2S. The Morgan fingerprint density at radius 1 is 1.47 bits per heavy atom. The van der Waals surface area contributed by atoms with Gasteiger partial charge >= 0.3 is 0 Å². The molecule has 0 aliphatic rings. The van der Waals surface area contributed by atoms with E-state index in [-0.39, 0.29) is 6.61 Å². The van der Waals surface area contributed by atoms with Crippen LogP contribution >= 0.6 is 11.3 Å². The van der Waals surface area contributed by atoms with Gasteiger partial charge in [-0.3, -0.25) is 4.68 Å². The molecule has 0 saturated carbocycles. The Kier molecular flexibility index (Phi) is 3.28. The molecule has 0 aromatic carbocycles. The Hall–Kier alpha value is -2.15. The standard InChI is InChI=1S/C12H12N4O2S/c1-2-16-6-10(5-13-16)17-7-11-14-12(15-18-11)9-3-4-19-8-9/h3-6,8H,2,7H2,1H3. The van der Waals surface area contributed by atoms with Crippen molar-refractivity contribution in [3.8, 4) is 17.1 Å². The number of ether oxygens (including phenoxy) is 1. The summed E-state index contributed by atoms with van der Waals surface area (Å²) in [5, 5.41) is 12.0. The van der Waals surface area contributed by atoms with Gasteiger partial charge in [-0.1, -0.05) is 5.16 Å². The lowest BCUT2D eigenvalue weighted by molar-refractivity contribution is 0.242. The molecule has 3 aromatic rings. The van der Waals surface area contributed by atoms with Crippen LogP contribution in [-0.2, 0) is 13.2 Å². The van der Waals surface area contributed by atoms with Crippen molar-refractivity contribution in [2.45, 2.75) is 20.1 Å². The van der Waals surface area contributed by atoms with Crippen molar-refractivity contribution in [1.82, 2.24) is 19.9 Å². The van der Waals surface area contributed by atoms with Gasteiger partial charge in [0, 0.05) is 17.5 Å².